The summed E-state index contributed by atoms with van der Waals surface area (Å²) in [5.41, 5.74) is 1.05. The Morgan fingerprint density at radius 1 is 1.18 bits per heavy atom. The minimum Gasteiger partial charge on any atom is -0.478 e. The lowest BCUT2D eigenvalue weighted by Gasteiger charge is -2.70. The SMILES string of the molecule is N#Cc1cc(OCCCCCCC23CC(C(=O)N4N=CCC4c4cncc(F)c4)(C2)C3)ncn1. The van der Waals surface area contributed by atoms with Crippen molar-refractivity contribution in [2.75, 3.05) is 6.61 Å². The second-order valence-corrected chi connectivity index (χ2v) is 9.81. The highest BCUT2D eigenvalue weighted by molar-refractivity contribution is 5.88. The molecule has 0 saturated heterocycles. The normalized spacial score (nSPS) is 26.5. The largest absolute Gasteiger partial charge is 0.478 e. The van der Waals surface area contributed by atoms with Gasteiger partial charge in [-0.2, -0.15) is 10.4 Å². The predicted octanol–water partition coefficient (Wildman–Crippen LogP) is 4.34. The zero-order valence-corrected chi connectivity index (χ0v) is 19.0. The maximum Gasteiger partial charge on any atom is 0.249 e. The van der Waals surface area contributed by atoms with Gasteiger partial charge in [0.2, 0.25) is 11.8 Å². The molecule has 3 heterocycles. The Bertz CT molecular complexity index is 1130. The van der Waals surface area contributed by atoms with Gasteiger partial charge in [0.05, 0.1) is 24.3 Å². The molecule has 0 radical (unpaired) electrons. The molecule has 6 rings (SSSR count). The smallest absolute Gasteiger partial charge is 0.249 e. The van der Waals surface area contributed by atoms with E-state index >= 15 is 0 Å². The third-order valence-electron chi connectivity index (χ3n) is 7.35. The Hall–Kier alpha value is -3.41. The topological polar surface area (TPSA) is 104 Å². The highest BCUT2D eigenvalue weighted by atomic mass is 19.1. The van der Waals surface area contributed by atoms with Crippen molar-refractivity contribution < 1.29 is 13.9 Å². The Morgan fingerprint density at radius 2 is 2.00 bits per heavy atom. The monoisotopic (exact) mass is 462 g/mol. The highest BCUT2D eigenvalue weighted by Crippen LogP contribution is 2.76. The van der Waals surface area contributed by atoms with E-state index in [1.54, 1.807) is 23.5 Å². The lowest BCUT2D eigenvalue weighted by Crippen LogP contribution is -2.67. The average molecular weight is 463 g/mol. The summed E-state index contributed by atoms with van der Waals surface area (Å²) >= 11 is 0. The van der Waals surface area contributed by atoms with E-state index < -0.39 is 5.82 Å². The summed E-state index contributed by atoms with van der Waals surface area (Å²) in [5.74, 6) is 0.127. The molecule has 0 spiro atoms. The third-order valence-corrected chi connectivity index (χ3v) is 7.35. The van der Waals surface area contributed by atoms with Gasteiger partial charge in [0.25, 0.3) is 0 Å². The number of aromatic nitrogens is 3. The molecular weight excluding hydrogens is 435 g/mol. The van der Waals surface area contributed by atoms with Crippen LogP contribution in [0, 0.1) is 28.0 Å². The lowest BCUT2D eigenvalue weighted by atomic mass is 9.33. The molecule has 1 atom stereocenters. The van der Waals surface area contributed by atoms with Crippen LogP contribution in [0.5, 0.6) is 5.88 Å². The van der Waals surface area contributed by atoms with Gasteiger partial charge in [-0.25, -0.2) is 19.4 Å². The van der Waals surface area contributed by atoms with Crippen LogP contribution in [0.4, 0.5) is 4.39 Å². The number of hydrazone groups is 1. The van der Waals surface area contributed by atoms with Crippen molar-refractivity contribution >= 4 is 12.1 Å². The van der Waals surface area contributed by atoms with Gasteiger partial charge in [0.15, 0.2) is 0 Å². The number of amides is 1. The molecule has 1 unspecified atom stereocenters. The Balaban J connectivity index is 1.01. The molecule has 0 aromatic carbocycles. The van der Waals surface area contributed by atoms with Crippen LogP contribution in [-0.2, 0) is 4.79 Å². The Morgan fingerprint density at radius 3 is 2.79 bits per heavy atom. The number of hydrogen-bond donors (Lipinski definition) is 0. The molecule has 9 heteroatoms. The van der Waals surface area contributed by atoms with E-state index in [1.165, 1.54) is 18.6 Å². The van der Waals surface area contributed by atoms with Gasteiger partial charge in [0, 0.05) is 24.9 Å². The van der Waals surface area contributed by atoms with Crippen molar-refractivity contribution in [3.63, 3.8) is 0 Å². The fourth-order valence-corrected chi connectivity index (χ4v) is 5.84. The zero-order valence-electron chi connectivity index (χ0n) is 19.0. The van der Waals surface area contributed by atoms with Crippen molar-refractivity contribution in [1.29, 1.82) is 5.26 Å². The standard InChI is InChI=1S/C25H27FN6O2/c26-19-9-18(12-28-13-19)21-5-7-31-32(21)23(33)25-14-24(15-25,16-25)6-3-1-2-4-8-34-22-10-20(11-27)29-17-30-22/h7,9-10,12-13,17,21H,1-6,8,14-16H2. The quantitative estimate of drug-likeness (QED) is 0.487. The zero-order chi connectivity index (χ0) is 23.6. The highest BCUT2D eigenvalue weighted by Gasteiger charge is 2.71. The molecule has 3 saturated carbocycles. The molecule has 2 aromatic rings. The third kappa shape index (κ3) is 4.25. The summed E-state index contributed by atoms with van der Waals surface area (Å²) in [7, 11) is 0. The van der Waals surface area contributed by atoms with Gasteiger partial charge in [-0.3, -0.25) is 9.78 Å². The number of pyridine rings is 1. The summed E-state index contributed by atoms with van der Waals surface area (Å²) in [5, 5.41) is 14.7. The van der Waals surface area contributed by atoms with Crippen LogP contribution < -0.4 is 4.74 Å². The number of unbranched alkanes of at least 4 members (excludes halogenated alkanes) is 3. The molecule has 34 heavy (non-hydrogen) atoms. The Labute approximate surface area is 197 Å². The number of carbonyl (C=O) groups is 1. The van der Waals surface area contributed by atoms with Crippen LogP contribution in [0.2, 0.25) is 0 Å². The second-order valence-electron chi connectivity index (χ2n) is 9.81. The number of nitriles is 1. The van der Waals surface area contributed by atoms with E-state index in [2.05, 4.69) is 20.1 Å². The first-order chi connectivity index (χ1) is 16.5. The summed E-state index contributed by atoms with van der Waals surface area (Å²) in [6.45, 7) is 0.572. The predicted molar refractivity (Wildman–Crippen MR) is 121 cm³/mol. The summed E-state index contributed by atoms with van der Waals surface area (Å²) < 4.78 is 19.2. The van der Waals surface area contributed by atoms with Crippen molar-refractivity contribution in [2.24, 2.45) is 15.9 Å². The lowest BCUT2D eigenvalue weighted by molar-refractivity contribution is -0.220. The van der Waals surface area contributed by atoms with Gasteiger partial charge in [-0.1, -0.05) is 19.3 Å². The molecule has 176 valence electrons. The maximum absolute atomic E-state index is 13.6. The molecule has 3 aliphatic carbocycles. The fourth-order valence-electron chi connectivity index (χ4n) is 5.84. The number of halogens is 1. The van der Waals surface area contributed by atoms with E-state index in [0.717, 1.165) is 51.4 Å². The fraction of sp³-hybridized carbons (Fsp3) is 0.520. The van der Waals surface area contributed by atoms with Crippen LogP contribution in [0.1, 0.15) is 75.1 Å². The van der Waals surface area contributed by atoms with E-state index in [-0.39, 0.29) is 17.4 Å². The van der Waals surface area contributed by atoms with E-state index in [1.807, 2.05) is 6.07 Å². The van der Waals surface area contributed by atoms with Crippen LogP contribution in [0.3, 0.4) is 0 Å². The van der Waals surface area contributed by atoms with Crippen molar-refractivity contribution in [3.05, 3.63) is 47.9 Å². The van der Waals surface area contributed by atoms with E-state index in [9.17, 15) is 9.18 Å². The minimum atomic E-state index is -0.394. The molecule has 8 nitrogen and oxygen atoms in total. The van der Waals surface area contributed by atoms with Crippen molar-refractivity contribution in [2.45, 2.75) is 63.8 Å². The summed E-state index contributed by atoms with van der Waals surface area (Å²) in [6.07, 6.45) is 14.7. The molecule has 3 fully saturated rings. The van der Waals surface area contributed by atoms with Gasteiger partial charge in [-0.05, 0) is 49.1 Å². The molecule has 2 aromatic heterocycles. The van der Waals surface area contributed by atoms with Crippen LogP contribution in [0.25, 0.3) is 0 Å². The second kappa shape index (κ2) is 9.09. The van der Waals surface area contributed by atoms with Gasteiger partial charge in [-0.15, -0.1) is 0 Å². The number of hydrogen-bond acceptors (Lipinski definition) is 7. The molecular formula is C25H27FN6O2. The van der Waals surface area contributed by atoms with Crippen molar-refractivity contribution in [3.8, 4) is 11.9 Å². The molecule has 4 aliphatic rings. The first kappa shape index (κ1) is 22.4. The summed E-state index contributed by atoms with van der Waals surface area (Å²) in [4.78, 5) is 25.0. The van der Waals surface area contributed by atoms with E-state index in [4.69, 9.17) is 10.00 Å². The average Bonchev–Trinajstić information content (AvgIpc) is 3.28. The minimum absolute atomic E-state index is 0.0822. The van der Waals surface area contributed by atoms with E-state index in [0.29, 0.717) is 35.6 Å². The van der Waals surface area contributed by atoms with Gasteiger partial charge < -0.3 is 4.74 Å². The van der Waals surface area contributed by atoms with Crippen molar-refractivity contribution in [1.82, 2.24) is 20.0 Å². The number of carbonyl (C=O) groups excluding carboxylic acids is 1. The first-order valence-corrected chi connectivity index (χ1v) is 11.8. The maximum atomic E-state index is 13.6. The number of rotatable bonds is 10. The Kier molecular flexibility index (Phi) is 5.98. The van der Waals surface area contributed by atoms with Gasteiger partial charge >= 0.3 is 0 Å². The summed E-state index contributed by atoms with van der Waals surface area (Å²) in [6, 6.07) is 4.71. The first-order valence-electron chi connectivity index (χ1n) is 11.8. The number of ether oxygens (including phenoxy) is 1. The molecule has 0 N–H and O–H groups in total. The van der Waals surface area contributed by atoms with Crippen LogP contribution >= 0.6 is 0 Å². The van der Waals surface area contributed by atoms with Crippen LogP contribution in [-0.4, -0.2) is 38.7 Å². The van der Waals surface area contributed by atoms with Crippen LogP contribution in [0.15, 0.2) is 36.0 Å². The molecule has 2 bridgehead atoms. The molecule has 1 amide bonds. The van der Waals surface area contributed by atoms with Gasteiger partial charge in [0.1, 0.15) is 23.9 Å². The molecule has 1 aliphatic heterocycles. The number of nitrogens with zero attached hydrogens (tertiary/aromatic N) is 6.